The van der Waals surface area contributed by atoms with Crippen molar-refractivity contribution in [1.82, 2.24) is 0 Å². The van der Waals surface area contributed by atoms with Crippen molar-refractivity contribution in [2.24, 2.45) is 0 Å². The average molecular weight is 156 g/mol. The van der Waals surface area contributed by atoms with Crippen molar-refractivity contribution in [3.05, 3.63) is 34.6 Å². The van der Waals surface area contributed by atoms with Crippen molar-refractivity contribution < 1.29 is 8.42 Å². The van der Waals surface area contributed by atoms with E-state index in [-0.39, 0.29) is 0 Å². The van der Waals surface area contributed by atoms with Crippen LogP contribution in [-0.2, 0) is 9.84 Å². The van der Waals surface area contributed by atoms with Crippen LogP contribution in [0.5, 0.6) is 0 Å². The van der Waals surface area contributed by atoms with Gasteiger partial charge in [-0.05, 0) is 25.2 Å². The SMILES string of the molecule is CC=CC1=CC=CS1(=O)=O. The van der Waals surface area contributed by atoms with E-state index in [9.17, 15) is 8.42 Å². The van der Waals surface area contributed by atoms with Crippen LogP contribution in [-0.4, -0.2) is 8.42 Å². The molecule has 0 N–H and O–H groups in total. The smallest absolute Gasteiger partial charge is 0.199 e. The Kier molecular flexibility index (Phi) is 1.76. The highest BCUT2D eigenvalue weighted by Gasteiger charge is 2.13. The Labute approximate surface area is 60.5 Å². The Balaban J connectivity index is 3.06. The van der Waals surface area contributed by atoms with E-state index in [4.69, 9.17) is 0 Å². The Bertz CT molecular complexity index is 304. The lowest BCUT2D eigenvalue weighted by atomic mass is 10.4. The van der Waals surface area contributed by atoms with Gasteiger partial charge in [-0.2, -0.15) is 0 Å². The van der Waals surface area contributed by atoms with Gasteiger partial charge >= 0.3 is 0 Å². The first-order chi connectivity index (χ1) is 4.67. The van der Waals surface area contributed by atoms with Crippen LogP contribution in [0.4, 0.5) is 0 Å². The van der Waals surface area contributed by atoms with Gasteiger partial charge in [0.15, 0.2) is 9.84 Å². The molecule has 0 bridgehead atoms. The predicted octanol–water partition coefficient (Wildman–Crippen LogP) is 1.39. The molecular formula is C7H8O2S. The maximum atomic E-state index is 10.9. The summed E-state index contributed by atoms with van der Waals surface area (Å²) in [7, 11) is -3.06. The summed E-state index contributed by atoms with van der Waals surface area (Å²) < 4.78 is 21.9. The molecule has 0 unspecified atom stereocenters. The van der Waals surface area contributed by atoms with Gasteiger partial charge in [-0.1, -0.05) is 6.08 Å². The molecule has 0 saturated heterocycles. The molecule has 2 nitrogen and oxygen atoms in total. The van der Waals surface area contributed by atoms with E-state index < -0.39 is 9.84 Å². The van der Waals surface area contributed by atoms with E-state index in [2.05, 4.69) is 0 Å². The van der Waals surface area contributed by atoms with Gasteiger partial charge in [-0.3, -0.25) is 0 Å². The predicted molar refractivity (Wildman–Crippen MR) is 41.0 cm³/mol. The van der Waals surface area contributed by atoms with Crippen LogP contribution in [0.2, 0.25) is 0 Å². The molecule has 0 aliphatic carbocycles. The van der Waals surface area contributed by atoms with Gasteiger partial charge in [0.25, 0.3) is 0 Å². The summed E-state index contributed by atoms with van der Waals surface area (Å²) in [6.45, 7) is 1.79. The Hall–Kier alpha value is -0.830. The molecule has 0 aromatic heterocycles. The zero-order valence-corrected chi connectivity index (χ0v) is 6.43. The third kappa shape index (κ3) is 1.19. The number of allylic oxidation sites excluding steroid dienone is 4. The minimum atomic E-state index is -3.06. The Morgan fingerprint density at radius 2 is 2.20 bits per heavy atom. The summed E-state index contributed by atoms with van der Waals surface area (Å²) in [5, 5.41) is 1.20. The zero-order chi connectivity index (χ0) is 7.61. The average Bonchev–Trinajstić information content (AvgIpc) is 2.13. The summed E-state index contributed by atoms with van der Waals surface area (Å²) in [4.78, 5) is 0.370. The molecule has 0 fully saturated rings. The van der Waals surface area contributed by atoms with Crippen molar-refractivity contribution in [3.8, 4) is 0 Å². The first-order valence-electron chi connectivity index (χ1n) is 2.93. The van der Waals surface area contributed by atoms with Crippen molar-refractivity contribution in [1.29, 1.82) is 0 Å². The van der Waals surface area contributed by atoms with Gasteiger partial charge in [-0.15, -0.1) is 0 Å². The van der Waals surface area contributed by atoms with E-state index >= 15 is 0 Å². The second kappa shape index (κ2) is 2.42. The van der Waals surface area contributed by atoms with Crippen LogP contribution in [0, 0.1) is 0 Å². The third-order valence-corrected chi connectivity index (χ3v) is 2.62. The molecule has 1 aliphatic rings. The van der Waals surface area contributed by atoms with Gasteiger partial charge in [0.05, 0.1) is 4.91 Å². The minimum absolute atomic E-state index is 0.370. The molecule has 10 heavy (non-hydrogen) atoms. The molecule has 1 aliphatic heterocycles. The number of hydrogen-bond donors (Lipinski definition) is 0. The summed E-state index contributed by atoms with van der Waals surface area (Å²) in [6.07, 6.45) is 6.39. The van der Waals surface area contributed by atoms with Crippen molar-refractivity contribution >= 4 is 9.84 Å². The molecule has 54 valence electrons. The normalized spacial score (nSPS) is 21.9. The maximum absolute atomic E-state index is 10.9. The highest BCUT2D eigenvalue weighted by molar-refractivity contribution is 7.98. The van der Waals surface area contributed by atoms with Crippen molar-refractivity contribution in [2.45, 2.75) is 6.92 Å². The van der Waals surface area contributed by atoms with Crippen LogP contribution < -0.4 is 0 Å². The first kappa shape index (κ1) is 7.28. The lowest BCUT2D eigenvalue weighted by Crippen LogP contribution is -1.91. The molecule has 0 radical (unpaired) electrons. The fraction of sp³-hybridized carbons (Fsp3) is 0.143. The molecule has 0 amide bonds. The molecule has 0 saturated carbocycles. The van der Waals surface area contributed by atoms with Gasteiger partial charge in [-0.25, -0.2) is 8.42 Å². The van der Waals surface area contributed by atoms with Crippen LogP contribution in [0.25, 0.3) is 0 Å². The van der Waals surface area contributed by atoms with Crippen LogP contribution in [0.15, 0.2) is 34.6 Å². The van der Waals surface area contributed by atoms with Crippen LogP contribution >= 0.6 is 0 Å². The molecular weight excluding hydrogens is 148 g/mol. The standard InChI is InChI=1S/C7H8O2S/c1-2-4-7-5-3-6-10(7,8)9/h2-6H,1H3. The second-order valence-corrected chi connectivity index (χ2v) is 3.78. The Morgan fingerprint density at radius 3 is 2.60 bits per heavy atom. The fourth-order valence-corrected chi connectivity index (χ4v) is 1.76. The molecule has 1 rings (SSSR count). The van der Waals surface area contributed by atoms with Crippen LogP contribution in [0.3, 0.4) is 0 Å². The first-order valence-corrected chi connectivity index (χ1v) is 4.47. The topological polar surface area (TPSA) is 34.1 Å². The number of sulfone groups is 1. The third-order valence-electron chi connectivity index (χ3n) is 1.18. The van der Waals surface area contributed by atoms with Crippen molar-refractivity contribution in [3.63, 3.8) is 0 Å². The van der Waals surface area contributed by atoms with E-state index in [0.717, 1.165) is 0 Å². The van der Waals surface area contributed by atoms with Crippen molar-refractivity contribution in [2.75, 3.05) is 0 Å². The lowest BCUT2D eigenvalue weighted by Gasteiger charge is -1.90. The zero-order valence-electron chi connectivity index (χ0n) is 5.61. The quantitative estimate of drug-likeness (QED) is 0.575. The van der Waals surface area contributed by atoms with Gasteiger partial charge < -0.3 is 0 Å². The molecule has 1 heterocycles. The van der Waals surface area contributed by atoms with E-state index in [1.165, 1.54) is 11.5 Å². The van der Waals surface area contributed by atoms with E-state index in [1.54, 1.807) is 25.2 Å². The summed E-state index contributed by atoms with van der Waals surface area (Å²) in [5.41, 5.74) is 0. The van der Waals surface area contributed by atoms with Gasteiger partial charge in [0.1, 0.15) is 0 Å². The molecule has 0 aromatic carbocycles. The Morgan fingerprint density at radius 1 is 1.50 bits per heavy atom. The molecule has 0 aromatic rings. The number of rotatable bonds is 1. The number of hydrogen-bond acceptors (Lipinski definition) is 2. The summed E-state index contributed by atoms with van der Waals surface area (Å²) >= 11 is 0. The molecule has 0 spiro atoms. The molecule has 3 heteroatoms. The summed E-state index contributed by atoms with van der Waals surface area (Å²) in [5.74, 6) is 0. The molecule has 0 atom stereocenters. The summed E-state index contributed by atoms with van der Waals surface area (Å²) in [6, 6.07) is 0. The lowest BCUT2D eigenvalue weighted by molar-refractivity contribution is 0.611. The van der Waals surface area contributed by atoms with Crippen LogP contribution in [0.1, 0.15) is 6.92 Å². The largest absolute Gasteiger partial charge is 0.219 e. The van der Waals surface area contributed by atoms with E-state index in [0.29, 0.717) is 4.91 Å². The second-order valence-electron chi connectivity index (χ2n) is 1.94. The monoisotopic (exact) mass is 156 g/mol. The fourth-order valence-electron chi connectivity index (χ4n) is 0.726. The minimum Gasteiger partial charge on any atom is -0.219 e. The van der Waals surface area contributed by atoms with E-state index in [1.807, 2.05) is 0 Å². The van der Waals surface area contributed by atoms with Gasteiger partial charge in [0, 0.05) is 5.41 Å². The van der Waals surface area contributed by atoms with Gasteiger partial charge in [0.2, 0.25) is 0 Å². The highest BCUT2D eigenvalue weighted by atomic mass is 32.2. The highest BCUT2D eigenvalue weighted by Crippen LogP contribution is 2.16. The maximum Gasteiger partial charge on any atom is 0.199 e.